The van der Waals surface area contributed by atoms with Crippen molar-refractivity contribution in [2.24, 2.45) is 35.5 Å². The highest BCUT2D eigenvalue weighted by Gasteiger charge is 2.72. The molecular formula is C35H43F6N3O9. The maximum Gasteiger partial charge on any atom is 0.449 e. The third-order valence-corrected chi connectivity index (χ3v) is 13.4. The van der Waals surface area contributed by atoms with Crippen molar-refractivity contribution in [3.05, 3.63) is 34.6 Å². The van der Waals surface area contributed by atoms with Gasteiger partial charge in [0.2, 0.25) is 35.7 Å². The molecule has 53 heavy (non-hydrogen) atoms. The topological polar surface area (TPSA) is 114 Å². The number of allylic oxidation sites excluding steroid dienone is 2. The Morgan fingerprint density at radius 1 is 0.717 bits per heavy atom. The Morgan fingerprint density at radius 2 is 1.23 bits per heavy atom. The van der Waals surface area contributed by atoms with Crippen LogP contribution in [0.4, 0.5) is 26.3 Å². The van der Waals surface area contributed by atoms with Crippen molar-refractivity contribution in [1.29, 1.82) is 0 Å². The van der Waals surface area contributed by atoms with E-state index >= 15 is 0 Å². The van der Waals surface area contributed by atoms with E-state index in [1.807, 2.05) is 13.8 Å². The molecule has 8 fully saturated rings. The molecule has 12 atom stereocenters. The lowest BCUT2D eigenvalue weighted by Gasteiger charge is -2.57. The summed E-state index contributed by atoms with van der Waals surface area (Å²) in [5, 5.41) is 8.01. The van der Waals surface area contributed by atoms with E-state index in [2.05, 4.69) is 10.3 Å². The summed E-state index contributed by atoms with van der Waals surface area (Å²) in [6, 6.07) is 0. The number of rotatable bonds is 6. The molecule has 12 nitrogen and oxygen atoms in total. The lowest BCUT2D eigenvalue weighted by atomic mass is 9.59. The van der Waals surface area contributed by atoms with Crippen LogP contribution in [0, 0.1) is 35.5 Å². The average Bonchev–Trinajstić information content (AvgIpc) is 3.21. The van der Waals surface area contributed by atoms with Gasteiger partial charge >= 0.3 is 12.4 Å². The molecule has 1 aromatic heterocycles. The summed E-state index contributed by atoms with van der Waals surface area (Å²) < 4.78 is 119. The Bertz CT molecular complexity index is 1700. The van der Waals surface area contributed by atoms with Crippen molar-refractivity contribution in [1.82, 2.24) is 15.0 Å². The minimum atomic E-state index is -4.87. The van der Waals surface area contributed by atoms with E-state index in [9.17, 15) is 26.3 Å². The first kappa shape index (κ1) is 36.2. The molecule has 11 rings (SSSR count). The molecule has 4 bridgehead atoms. The Hall–Kier alpha value is -2.48. The molecule has 0 N–H and O–H groups in total. The SMILES string of the molecule is C[C@@H]1CC[C@H]2C(Cn3nncc3COCC3=C(C(F)(F)F)O[C@@H]4O[C@]5(C)CC[C@H]6[C@H](C)CC[C@@H]3[C@@]46OO5)=C(C(F)(F)F)O[C@@H]3O[C@@]4(C)CC[C@@H]1[C@]32OO4. The van der Waals surface area contributed by atoms with Gasteiger partial charge in [0.15, 0.2) is 11.2 Å². The van der Waals surface area contributed by atoms with E-state index in [-0.39, 0.29) is 53.7 Å². The predicted octanol–water partition coefficient (Wildman–Crippen LogP) is 6.92. The average molecular weight is 764 g/mol. The standard InChI is InChI=1S/C35H43F6N3O9/c1-17-5-7-24-20(26(34(36,37)38)46-28-32(24)22(17)9-11-30(3,48-28)50-52-32)14-44-19(13-42-43-44)15-45-16-21-25-8-6-18(2)23-10-12-31(4)49-29(33(23,25)53-51-31)47-27(21)35(39,40)41/h13,17-18,22-25,28-29H,5-12,14-16H2,1-4H3/t17-,18-,22+,23+,24+,25+,28-,29-,30-,31+,32-,33-/m1/s1. The molecule has 0 aromatic carbocycles. The highest BCUT2D eigenvalue weighted by atomic mass is 19.4. The van der Waals surface area contributed by atoms with Gasteiger partial charge in [0.1, 0.15) is 0 Å². The van der Waals surface area contributed by atoms with Gasteiger partial charge in [0.25, 0.3) is 0 Å². The fourth-order valence-corrected chi connectivity index (χ4v) is 10.8. The summed E-state index contributed by atoms with van der Waals surface area (Å²) in [6.45, 7) is 6.14. The number of fused-ring (bicyclic) bond motifs is 4. The second-order valence-electron chi connectivity index (χ2n) is 16.5. The first-order valence-corrected chi connectivity index (χ1v) is 18.5. The Labute approximate surface area is 301 Å². The molecule has 18 heteroatoms. The number of nitrogens with zero attached hydrogens (tertiary/aromatic N) is 3. The van der Waals surface area contributed by atoms with Crippen LogP contribution < -0.4 is 0 Å². The van der Waals surface area contributed by atoms with E-state index in [4.69, 9.17) is 43.2 Å². The van der Waals surface area contributed by atoms with Crippen LogP contribution in [0.1, 0.15) is 84.8 Å². The van der Waals surface area contributed by atoms with Gasteiger partial charge in [-0.3, -0.25) is 0 Å². The van der Waals surface area contributed by atoms with Gasteiger partial charge in [0, 0.05) is 47.7 Å². The van der Waals surface area contributed by atoms with Crippen LogP contribution in [0.5, 0.6) is 0 Å². The van der Waals surface area contributed by atoms with Crippen LogP contribution in [-0.4, -0.2) is 69.3 Å². The monoisotopic (exact) mass is 763 g/mol. The first-order valence-electron chi connectivity index (χ1n) is 18.5. The van der Waals surface area contributed by atoms with E-state index < -0.39 is 77.7 Å². The van der Waals surface area contributed by atoms with Gasteiger partial charge in [-0.15, -0.1) is 5.10 Å². The molecule has 0 unspecified atom stereocenters. The van der Waals surface area contributed by atoms with E-state index in [0.29, 0.717) is 51.4 Å². The van der Waals surface area contributed by atoms with Crippen LogP contribution in [0.15, 0.2) is 28.9 Å². The van der Waals surface area contributed by atoms with E-state index in [1.165, 1.54) is 10.9 Å². The normalized spacial score (nSPS) is 44.9. The van der Waals surface area contributed by atoms with Crippen molar-refractivity contribution in [2.45, 2.75) is 140 Å². The first-order chi connectivity index (χ1) is 25.0. The van der Waals surface area contributed by atoms with E-state index in [1.54, 1.807) is 13.8 Å². The van der Waals surface area contributed by atoms with Gasteiger partial charge in [-0.05, 0) is 64.2 Å². The zero-order valence-electron chi connectivity index (χ0n) is 29.8. The predicted molar refractivity (Wildman–Crippen MR) is 164 cm³/mol. The molecule has 6 saturated heterocycles. The zero-order valence-corrected chi connectivity index (χ0v) is 29.8. The van der Waals surface area contributed by atoms with Crippen molar-refractivity contribution in [2.75, 3.05) is 6.61 Å². The molecular weight excluding hydrogens is 720 g/mol. The molecule has 2 spiro atoms. The number of halogens is 6. The zero-order chi connectivity index (χ0) is 37.3. The Kier molecular flexibility index (Phi) is 8.20. The third-order valence-electron chi connectivity index (χ3n) is 13.4. The minimum Gasteiger partial charge on any atom is -0.456 e. The second-order valence-corrected chi connectivity index (χ2v) is 16.5. The molecule has 0 radical (unpaired) electrons. The molecule has 2 saturated carbocycles. The number of aromatic nitrogens is 3. The maximum atomic E-state index is 14.8. The quantitative estimate of drug-likeness (QED) is 0.222. The largest absolute Gasteiger partial charge is 0.456 e. The number of hydrogen-bond acceptors (Lipinski definition) is 11. The summed E-state index contributed by atoms with van der Waals surface area (Å²) in [4.78, 5) is 23.6. The lowest BCUT2D eigenvalue weighted by Crippen LogP contribution is -2.67. The summed E-state index contributed by atoms with van der Waals surface area (Å²) in [7, 11) is 0. The summed E-state index contributed by atoms with van der Waals surface area (Å²) >= 11 is 0. The smallest absolute Gasteiger partial charge is 0.449 e. The maximum absolute atomic E-state index is 14.8. The molecule has 1 aromatic rings. The Morgan fingerprint density at radius 3 is 1.75 bits per heavy atom. The van der Waals surface area contributed by atoms with Gasteiger partial charge in [0.05, 0.1) is 31.6 Å². The number of ether oxygens (including phenoxy) is 5. The molecule has 9 heterocycles. The fourth-order valence-electron chi connectivity index (χ4n) is 10.8. The summed E-state index contributed by atoms with van der Waals surface area (Å²) in [6.07, 6.45) is -7.05. The highest BCUT2D eigenvalue weighted by molar-refractivity contribution is 5.30. The molecule has 2 aliphatic carbocycles. The molecule has 294 valence electrons. The number of alkyl halides is 6. The minimum absolute atomic E-state index is 0.0971. The lowest BCUT2D eigenvalue weighted by molar-refractivity contribution is -0.558. The van der Waals surface area contributed by atoms with Crippen LogP contribution >= 0.6 is 0 Å². The Balaban J connectivity index is 1.01. The summed E-state index contributed by atoms with van der Waals surface area (Å²) in [5.74, 6) is -6.68. The van der Waals surface area contributed by atoms with Crippen LogP contribution in [0.25, 0.3) is 0 Å². The highest BCUT2D eigenvalue weighted by Crippen LogP contribution is 2.63. The van der Waals surface area contributed by atoms with Gasteiger partial charge in [-0.2, -0.15) is 26.3 Å². The van der Waals surface area contributed by atoms with Crippen molar-refractivity contribution >= 4 is 0 Å². The van der Waals surface area contributed by atoms with Crippen molar-refractivity contribution in [3.8, 4) is 0 Å². The molecule has 0 amide bonds. The fraction of sp³-hybridized carbons (Fsp3) is 0.829. The molecule has 10 aliphatic rings. The van der Waals surface area contributed by atoms with Crippen molar-refractivity contribution in [3.63, 3.8) is 0 Å². The van der Waals surface area contributed by atoms with Crippen molar-refractivity contribution < 1.29 is 69.6 Å². The van der Waals surface area contributed by atoms with Gasteiger partial charge in [-0.25, -0.2) is 24.2 Å². The van der Waals surface area contributed by atoms with Gasteiger partial charge in [-0.1, -0.05) is 19.1 Å². The van der Waals surface area contributed by atoms with Crippen LogP contribution in [0.2, 0.25) is 0 Å². The summed E-state index contributed by atoms with van der Waals surface area (Å²) in [5.41, 5.74) is -2.63. The molecule has 8 aliphatic heterocycles. The third kappa shape index (κ3) is 5.43. The second kappa shape index (κ2) is 12.0. The van der Waals surface area contributed by atoms with Crippen LogP contribution in [-0.2, 0) is 56.4 Å². The van der Waals surface area contributed by atoms with Crippen LogP contribution in [0.3, 0.4) is 0 Å². The van der Waals surface area contributed by atoms with E-state index in [0.717, 1.165) is 0 Å². The van der Waals surface area contributed by atoms with Gasteiger partial charge < -0.3 is 23.7 Å². The number of hydrogen-bond donors (Lipinski definition) is 0.